The van der Waals surface area contributed by atoms with Crippen molar-refractivity contribution in [1.82, 2.24) is 0 Å². The third-order valence-electron chi connectivity index (χ3n) is 4.94. The molecule has 0 amide bonds. The molecule has 1 aliphatic rings. The van der Waals surface area contributed by atoms with Crippen LogP contribution < -0.4 is 17.0 Å². The van der Waals surface area contributed by atoms with Crippen LogP contribution in [-0.4, -0.2) is 24.6 Å². The van der Waals surface area contributed by atoms with E-state index in [1.165, 1.54) is 53.4 Å². The highest BCUT2D eigenvalue weighted by atomic mass is 79.9. The predicted octanol–water partition coefficient (Wildman–Crippen LogP) is 1.64. The second-order valence-corrected chi connectivity index (χ2v) is 6.93. The molecule has 0 saturated carbocycles. The molecule has 0 unspecified atom stereocenters. The zero-order chi connectivity index (χ0) is 15.6. The fraction of sp³-hybridized carbons (Fsp3) is 0.500. The molecule has 126 valence electrons. The maximum Gasteiger partial charge on any atom is 0.105 e. The van der Waals surface area contributed by atoms with E-state index in [0.29, 0.717) is 0 Å². The minimum atomic E-state index is 0. The van der Waals surface area contributed by atoms with Gasteiger partial charge in [-0.05, 0) is 40.8 Å². The summed E-state index contributed by atoms with van der Waals surface area (Å²) in [5, 5.41) is 2.74. The second-order valence-electron chi connectivity index (χ2n) is 6.93. The first kappa shape index (κ1) is 18.4. The highest BCUT2D eigenvalue weighted by Crippen LogP contribution is 2.33. The average molecular weight is 378 g/mol. The third kappa shape index (κ3) is 3.78. The molecule has 0 N–H and O–H groups in total. The molecule has 0 saturated heterocycles. The van der Waals surface area contributed by atoms with Crippen LogP contribution in [0.2, 0.25) is 0 Å². The van der Waals surface area contributed by atoms with E-state index in [-0.39, 0.29) is 17.0 Å². The summed E-state index contributed by atoms with van der Waals surface area (Å²) in [6.07, 6.45) is 2.48. The van der Waals surface area contributed by atoms with Crippen LogP contribution in [0.5, 0.6) is 0 Å². The van der Waals surface area contributed by atoms with E-state index in [2.05, 4.69) is 51.2 Å². The minimum Gasteiger partial charge on any atom is -1.00 e. The van der Waals surface area contributed by atoms with Crippen molar-refractivity contribution in [1.29, 1.82) is 0 Å². The quantitative estimate of drug-likeness (QED) is 0.695. The number of nitrogens with zero attached hydrogens (tertiary/aromatic N) is 1. The van der Waals surface area contributed by atoms with Crippen molar-refractivity contribution in [2.24, 2.45) is 0 Å². The maximum atomic E-state index is 5.79. The summed E-state index contributed by atoms with van der Waals surface area (Å²) in [5.74, 6) is 0. The third-order valence-corrected chi connectivity index (χ3v) is 4.94. The normalized spacial score (nSPS) is 13.9. The van der Waals surface area contributed by atoms with Crippen molar-refractivity contribution in [3.63, 3.8) is 0 Å². The summed E-state index contributed by atoms with van der Waals surface area (Å²) >= 11 is 0. The van der Waals surface area contributed by atoms with E-state index in [9.17, 15) is 0 Å². The van der Waals surface area contributed by atoms with Gasteiger partial charge in [-0.15, -0.1) is 0 Å². The molecule has 1 aliphatic heterocycles. The summed E-state index contributed by atoms with van der Waals surface area (Å²) < 4.78 is 6.93. The van der Waals surface area contributed by atoms with E-state index in [1.807, 2.05) is 0 Å². The highest BCUT2D eigenvalue weighted by molar-refractivity contribution is 5.88. The first-order valence-corrected chi connectivity index (χ1v) is 8.60. The molecule has 3 rings (SSSR count). The Labute approximate surface area is 150 Å². The van der Waals surface area contributed by atoms with Crippen molar-refractivity contribution < 1.29 is 26.2 Å². The largest absolute Gasteiger partial charge is 1.00 e. The Morgan fingerprint density at radius 1 is 1.00 bits per heavy atom. The number of hydrogen-bond acceptors (Lipinski definition) is 1. The van der Waals surface area contributed by atoms with Gasteiger partial charge in [-0.3, -0.25) is 0 Å². The molecule has 0 aliphatic carbocycles. The number of fused-ring (bicyclic) bond motifs is 3. The average Bonchev–Trinajstić information content (AvgIpc) is 2.98. The Kier molecular flexibility index (Phi) is 6.24. The van der Waals surface area contributed by atoms with Crippen LogP contribution in [0.4, 0.5) is 0 Å². The Balaban J connectivity index is 0.00000192. The van der Waals surface area contributed by atoms with Gasteiger partial charge in [0.15, 0.2) is 0 Å². The standard InChI is InChI=1S/C20H28NO.BrH/c1-4-10-21(3,11-5-2)13-17-12-16-8-6-7-9-18(16)20-15-22-14-19(17)20;/h6-9,12H,4-5,10-11,13-15H2,1-3H3;1H/q+1;/p-1. The smallest absolute Gasteiger partial charge is 0.105 e. The number of ether oxygens (including phenoxy) is 1. The Morgan fingerprint density at radius 2 is 1.65 bits per heavy atom. The van der Waals surface area contributed by atoms with Crippen LogP contribution in [0.3, 0.4) is 0 Å². The van der Waals surface area contributed by atoms with Crippen LogP contribution in [-0.2, 0) is 24.5 Å². The minimum absolute atomic E-state index is 0. The number of quaternary nitrogens is 1. The summed E-state index contributed by atoms with van der Waals surface area (Å²) in [6.45, 7) is 9.76. The van der Waals surface area contributed by atoms with Gasteiger partial charge in [0.05, 0.1) is 33.4 Å². The van der Waals surface area contributed by atoms with Gasteiger partial charge < -0.3 is 26.2 Å². The number of hydrogen-bond donors (Lipinski definition) is 0. The summed E-state index contributed by atoms with van der Waals surface area (Å²) in [7, 11) is 2.41. The van der Waals surface area contributed by atoms with Crippen molar-refractivity contribution in [2.75, 3.05) is 20.1 Å². The monoisotopic (exact) mass is 377 g/mol. The summed E-state index contributed by atoms with van der Waals surface area (Å²) in [6, 6.07) is 11.2. The molecule has 0 fully saturated rings. The van der Waals surface area contributed by atoms with Gasteiger partial charge in [-0.2, -0.15) is 0 Å². The van der Waals surface area contributed by atoms with Crippen LogP contribution >= 0.6 is 0 Å². The van der Waals surface area contributed by atoms with Crippen molar-refractivity contribution in [3.05, 3.63) is 47.0 Å². The van der Waals surface area contributed by atoms with Gasteiger partial charge in [0.25, 0.3) is 0 Å². The van der Waals surface area contributed by atoms with E-state index < -0.39 is 0 Å². The van der Waals surface area contributed by atoms with E-state index in [4.69, 9.17) is 4.74 Å². The summed E-state index contributed by atoms with van der Waals surface area (Å²) in [4.78, 5) is 0. The lowest BCUT2D eigenvalue weighted by atomic mass is 9.95. The topological polar surface area (TPSA) is 9.23 Å². The number of benzene rings is 2. The molecule has 2 aromatic carbocycles. The Bertz CT molecular complexity index is 662. The molecule has 3 heteroatoms. The number of rotatable bonds is 6. The lowest BCUT2D eigenvalue weighted by Gasteiger charge is -2.35. The molecule has 0 spiro atoms. The first-order chi connectivity index (χ1) is 10.7. The van der Waals surface area contributed by atoms with E-state index in [0.717, 1.165) is 24.2 Å². The van der Waals surface area contributed by atoms with Crippen molar-refractivity contribution in [3.8, 4) is 0 Å². The molecular formula is C20H28BrNO. The Morgan fingerprint density at radius 3 is 2.35 bits per heavy atom. The highest BCUT2D eigenvalue weighted by Gasteiger charge is 2.25. The predicted molar refractivity (Wildman–Crippen MR) is 92.6 cm³/mol. The van der Waals surface area contributed by atoms with Gasteiger partial charge in [-0.25, -0.2) is 0 Å². The van der Waals surface area contributed by atoms with Gasteiger partial charge in [0.1, 0.15) is 6.54 Å². The van der Waals surface area contributed by atoms with Gasteiger partial charge in [0.2, 0.25) is 0 Å². The van der Waals surface area contributed by atoms with Gasteiger partial charge in [0, 0.05) is 5.56 Å². The molecule has 2 nitrogen and oxygen atoms in total. The lowest BCUT2D eigenvalue weighted by molar-refractivity contribution is -0.922. The molecular weight excluding hydrogens is 350 g/mol. The van der Waals surface area contributed by atoms with Crippen molar-refractivity contribution in [2.45, 2.75) is 46.4 Å². The second kappa shape index (κ2) is 7.78. The summed E-state index contributed by atoms with van der Waals surface area (Å²) in [5.41, 5.74) is 4.37. The Hall–Kier alpha value is -0.900. The number of halogens is 1. The fourth-order valence-corrected chi connectivity index (χ4v) is 4.03. The van der Waals surface area contributed by atoms with Gasteiger partial charge in [-0.1, -0.05) is 38.1 Å². The zero-order valence-corrected chi connectivity index (χ0v) is 16.2. The SMILES string of the molecule is CCC[N+](C)(CCC)Cc1cc2ccccc2c2c1COC2.[Br-]. The van der Waals surface area contributed by atoms with Gasteiger partial charge >= 0.3 is 0 Å². The van der Waals surface area contributed by atoms with Crippen LogP contribution in [0.1, 0.15) is 43.4 Å². The van der Waals surface area contributed by atoms with Crippen LogP contribution in [0, 0.1) is 0 Å². The fourth-order valence-electron chi connectivity index (χ4n) is 4.03. The molecule has 0 atom stereocenters. The first-order valence-electron chi connectivity index (χ1n) is 8.60. The van der Waals surface area contributed by atoms with Crippen LogP contribution in [0.25, 0.3) is 10.8 Å². The molecule has 1 heterocycles. The van der Waals surface area contributed by atoms with E-state index in [1.54, 1.807) is 0 Å². The van der Waals surface area contributed by atoms with Crippen molar-refractivity contribution >= 4 is 10.8 Å². The lowest BCUT2D eigenvalue weighted by Crippen LogP contribution is -3.00. The molecule has 2 aromatic rings. The molecule has 0 bridgehead atoms. The molecule has 23 heavy (non-hydrogen) atoms. The van der Waals surface area contributed by atoms with Crippen LogP contribution in [0.15, 0.2) is 30.3 Å². The maximum absolute atomic E-state index is 5.79. The zero-order valence-electron chi connectivity index (χ0n) is 14.6. The van der Waals surface area contributed by atoms with E-state index >= 15 is 0 Å². The molecule has 0 radical (unpaired) electrons. The molecule has 0 aromatic heterocycles.